The van der Waals surface area contributed by atoms with Crippen LogP contribution in [0.3, 0.4) is 0 Å². The lowest BCUT2D eigenvalue weighted by atomic mass is 10.1. The minimum Gasteiger partial charge on any atom is -0.439 e. The Balaban J connectivity index is 1.41. The minimum absolute atomic E-state index is 0.203. The van der Waals surface area contributed by atoms with Crippen LogP contribution in [0.25, 0.3) is 0 Å². The summed E-state index contributed by atoms with van der Waals surface area (Å²) in [5.74, 6) is 0.898. The van der Waals surface area contributed by atoms with Crippen molar-refractivity contribution in [3.8, 4) is 11.6 Å². The van der Waals surface area contributed by atoms with Crippen molar-refractivity contribution in [2.75, 3.05) is 31.6 Å². The summed E-state index contributed by atoms with van der Waals surface area (Å²) in [7, 11) is 0. The first-order chi connectivity index (χ1) is 14.7. The van der Waals surface area contributed by atoms with Crippen molar-refractivity contribution in [1.29, 1.82) is 0 Å². The second-order valence-electron chi connectivity index (χ2n) is 6.94. The molecule has 0 aliphatic carbocycles. The minimum atomic E-state index is -0.203. The molecule has 0 saturated carbocycles. The van der Waals surface area contributed by atoms with E-state index in [0.717, 1.165) is 48.6 Å². The molecule has 0 bridgehead atoms. The molecule has 1 saturated heterocycles. The van der Waals surface area contributed by atoms with Gasteiger partial charge in [0.1, 0.15) is 5.75 Å². The molecule has 1 aliphatic rings. The zero-order valence-corrected chi connectivity index (χ0v) is 18.0. The average Bonchev–Trinajstić information content (AvgIpc) is 2.76. The van der Waals surface area contributed by atoms with Gasteiger partial charge in [-0.15, -0.1) is 0 Å². The normalized spacial score (nSPS) is 14.3. The fourth-order valence-corrected chi connectivity index (χ4v) is 3.58. The molecule has 2 heterocycles. The molecule has 1 aliphatic heterocycles. The smallest absolute Gasteiger partial charge is 0.257 e. The number of para-hydroxylation sites is 1. The highest BCUT2D eigenvalue weighted by molar-refractivity contribution is 9.10. The number of rotatable bonds is 6. The molecule has 0 unspecified atom stereocenters. The van der Waals surface area contributed by atoms with Gasteiger partial charge in [-0.05, 0) is 35.9 Å². The van der Waals surface area contributed by atoms with Gasteiger partial charge in [-0.25, -0.2) is 4.98 Å². The fourth-order valence-electron chi connectivity index (χ4n) is 3.20. The van der Waals surface area contributed by atoms with Gasteiger partial charge in [0, 0.05) is 42.1 Å². The summed E-state index contributed by atoms with van der Waals surface area (Å²) >= 11 is 3.41. The molecule has 3 aromatic rings. The van der Waals surface area contributed by atoms with Crippen molar-refractivity contribution in [1.82, 2.24) is 9.88 Å². The number of halogens is 1. The molecule has 1 fully saturated rings. The number of morpholine rings is 1. The number of anilines is 1. The number of benzene rings is 2. The van der Waals surface area contributed by atoms with Crippen molar-refractivity contribution < 1.29 is 14.3 Å². The number of nitrogens with one attached hydrogen (secondary N) is 1. The van der Waals surface area contributed by atoms with Crippen LogP contribution in [-0.4, -0.2) is 42.1 Å². The molecule has 6 nitrogen and oxygen atoms in total. The molecule has 0 spiro atoms. The first-order valence-electron chi connectivity index (χ1n) is 9.76. The van der Waals surface area contributed by atoms with Crippen LogP contribution in [0.1, 0.15) is 15.9 Å². The maximum absolute atomic E-state index is 12.7. The van der Waals surface area contributed by atoms with Gasteiger partial charge >= 0.3 is 0 Å². The SMILES string of the molecule is O=C(Nc1ccccc1CN1CCOCC1)c1ccc(Oc2cccc(Br)c2)nc1. The van der Waals surface area contributed by atoms with E-state index in [1.54, 1.807) is 12.1 Å². The average molecular weight is 468 g/mol. The lowest BCUT2D eigenvalue weighted by molar-refractivity contribution is 0.0342. The third-order valence-corrected chi connectivity index (χ3v) is 5.27. The molecule has 7 heteroatoms. The van der Waals surface area contributed by atoms with Crippen molar-refractivity contribution in [3.05, 3.63) is 82.5 Å². The molecule has 30 heavy (non-hydrogen) atoms. The standard InChI is InChI=1S/C23H22BrN3O3/c24-19-5-3-6-20(14-19)30-22-9-8-17(15-25-22)23(28)26-21-7-2-1-4-18(21)16-27-10-12-29-13-11-27/h1-9,14-15H,10-13,16H2,(H,26,28). The van der Waals surface area contributed by atoms with Crippen LogP contribution in [0.15, 0.2) is 71.3 Å². The van der Waals surface area contributed by atoms with Crippen LogP contribution in [0.4, 0.5) is 5.69 Å². The Kier molecular flexibility index (Phi) is 6.74. The molecule has 4 rings (SSSR count). The van der Waals surface area contributed by atoms with E-state index >= 15 is 0 Å². The van der Waals surface area contributed by atoms with E-state index in [0.29, 0.717) is 17.2 Å². The maximum Gasteiger partial charge on any atom is 0.257 e. The van der Waals surface area contributed by atoms with Gasteiger partial charge in [0.2, 0.25) is 5.88 Å². The molecular formula is C23H22BrN3O3. The maximum atomic E-state index is 12.7. The lowest BCUT2D eigenvalue weighted by Crippen LogP contribution is -2.35. The summed E-state index contributed by atoms with van der Waals surface area (Å²) in [6.07, 6.45) is 1.52. The quantitative estimate of drug-likeness (QED) is 0.567. The number of ether oxygens (including phenoxy) is 2. The number of carbonyl (C=O) groups is 1. The molecule has 0 atom stereocenters. The summed E-state index contributed by atoms with van der Waals surface area (Å²) in [5, 5.41) is 3.01. The van der Waals surface area contributed by atoms with Gasteiger partial charge in [0.15, 0.2) is 0 Å². The summed E-state index contributed by atoms with van der Waals surface area (Å²) in [4.78, 5) is 19.3. The number of nitrogens with zero attached hydrogens (tertiary/aromatic N) is 2. The third-order valence-electron chi connectivity index (χ3n) is 4.78. The Morgan fingerprint density at radius 2 is 1.93 bits per heavy atom. The van der Waals surface area contributed by atoms with Gasteiger partial charge in [0.25, 0.3) is 5.91 Å². The fraction of sp³-hybridized carbons (Fsp3) is 0.217. The van der Waals surface area contributed by atoms with Crippen LogP contribution in [0.2, 0.25) is 0 Å². The van der Waals surface area contributed by atoms with Gasteiger partial charge in [-0.1, -0.05) is 40.2 Å². The van der Waals surface area contributed by atoms with Gasteiger partial charge in [-0.3, -0.25) is 9.69 Å². The van der Waals surface area contributed by atoms with Crippen molar-refractivity contribution in [2.45, 2.75) is 6.54 Å². The molecule has 0 radical (unpaired) electrons. The Morgan fingerprint density at radius 3 is 2.70 bits per heavy atom. The Bertz CT molecular complexity index is 1000. The zero-order chi connectivity index (χ0) is 20.8. The Morgan fingerprint density at radius 1 is 1.10 bits per heavy atom. The number of amides is 1. The second kappa shape index (κ2) is 9.84. The molecule has 1 amide bonds. The van der Waals surface area contributed by atoms with E-state index in [2.05, 4.69) is 31.1 Å². The number of aromatic nitrogens is 1. The number of pyridine rings is 1. The molecular weight excluding hydrogens is 446 g/mol. The van der Waals surface area contributed by atoms with E-state index in [9.17, 15) is 4.79 Å². The van der Waals surface area contributed by atoms with E-state index in [-0.39, 0.29) is 5.91 Å². The Labute approximate surface area is 184 Å². The van der Waals surface area contributed by atoms with E-state index in [1.807, 2.05) is 48.5 Å². The molecule has 1 N–H and O–H groups in total. The van der Waals surface area contributed by atoms with Crippen LogP contribution in [-0.2, 0) is 11.3 Å². The van der Waals surface area contributed by atoms with E-state index in [1.165, 1.54) is 6.20 Å². The molecule has 1 aromatic heterocycles. The van der Waals surface area contributed by atoms with Crippen LogP contribution < -0.4 is 10.1 Å². The number of hydrogen-bond acceptors (Lipinski definition) is 5. The summed E-state index contributed by atoms with van der Waals surface area (Å²) in [6.45, 7) is 4.05. The summed E-state index contributed by atoms with van der Waals surface area (Å²) in [5.41, 5.74) is 2.36. The lowest BCUT2D eigenvalue weighted by Gasteiger charge is -2.27. The monoisotopic (exact) mass is 467 g/mol. The summed E-state index contributed by atoms with van der Waals surface area (Å²) in [6, 6.07) is 18.8. The van der Waals surface area contributed by atoms with Gasteiger partial charge in [0.05, 0.1) is 18.8 Å². The highest BCUT2D eigenvalue weighted by Gasteiger charge is 2.14. The highest BCUT2D eigenvalue weighted by Crippen LogP contribution is 2.23. The van der Waals surface area contributed by atoms with Crippen molar-refractivity contribution in [3.63, 3.8) is 0 Å². The van der Waals surface area contributed by atoms with E-state index < -0.39 is 0 Å². The third kappa shape index (κ3) is 5.44. The van der Waals surface area contributed by atoms with Gasteiger partial charge < -0.3 is 14.8 Å². The predicted octanol–water partition coefficient (Wildman–Crippen LogP) is 4.72. The topological polar surface area (TPSA) is 63.7 Å². The van der Waals surface area contributed by atoms with Gasteiger partial charge in [-0.2, -0.15) is 0 Å². The summed E-state index contributed by atoms with van der Waals surface area (Å²) < 4.78 is 12.1. The molecule has 154 valence electrons. The zero-order valence-electron chi connectivity index (χ0n) is 16.4. The van der Waals surface area contributed by atoms with Crippen LogP contribution in [0, 0.1) is 0 Å². The second-order valence-corrected chi connectivity index (χ2v) is 7.86. The molecule has 2 aromatic carbocycles. The van der Waals surface area contributed by atoms with Crippen molar-refractivity contribution in [2.24, 2.45) is 0 Å². The predicted molar refractivity (Wildman–Crippen MR) is 119 cm³/mol. The first-order valence-corrected chi connectivity index (χ1v) is 10.6. The largest absolute Gasteiger partial charge is 0.439 e. The van der Waals surface area contributed by atoms with Crippen LogP contribution >= 0.6 is 15.9 Å². The van der Waals surface area contributed by atoms with E-state index in [4.69, 9.17) is 9.47 Å². The highest BCUT2D eigenvalue weighted by atomic mass is 79.9. The number of carbonyl (C=O) groups excluding carboxylic acids is 1. The first kappa shape index (κ1) is 20.5. The van der Waals surface area contributed by atoms with Crippen LogP contribution in [0.5, 0.6) is 11.6 Å². The number of hydrogen-bond donors (Lipinski definition) is 1. The van der Waals surface area contributed by atoms with Crippen molar-refractivity contribution >= 4 is 27.5 Å². The Hall–Kier alpha value is -2.74.